The molecule has 1 aliphatic rings. The van der Waals surface area contributed by atoms with Gasteiger partial charge in [-0.05, 0) is 42.3 Å². The van der Waals surface area contributed by atoms with Crippen molar-refractivity contribution in [3.63, 3.8) is 0 Å². The van der Waals surface area contributed by atoms with Crippen LogP contribution in [0.4, 0.5) is 5.69 Å². The fourth-order valence-corrected chi connectivity index (χ4v) is 3.69. The minimum Gasteiger partial charge on any atom is -0.325 e. The molecular formula is C23H26N4O. The van der Waals surface area contributed by atoms with Gasteiger partial charge in [0, 0.05) is 50.0 Å². The minimum absolute atomic E-state index is 0.0600. The Kier molecular flexibility index (Phi) is 5.65. The molecule has 28 heavy (non-hydrogen) atoms. The molecule has 0 saturated carbocycles. The maximum absolute atomic E-state index is 12.4. The highest BCUT2D eigenvalue weighted by Gasteiger charge is 2.19. The molecule has 0 spiro atoms. The number of nitrogens with zero attached hydrogens (tertiary/aromatic N) is 3. The third-order valence-electron chi connectivity index (χ3n) is 5.32. The summed E-state index contributed by atoms with van der Waals surface area (Å²) in [5.74, 6) is 0.0600. The summed E-state index contributed by atoms with van der Waals surface area (Å²) in [6.45, 7) is 7.17. The molecule has 3 aromatic rings. The van der Waals surface area contributed by atoms with Crippen molar-refractivity contribution in [2.75, 3.05) is 38.0 Å². The molecule has 1 aromatic heterocycles. The summed E-state index contributed by atoms with van der Waals surface area (Å²) < 4.78 is 0. The fourth-order valence-electron chi connectivity index (χ4n) is 3.69. The lowest BCUT2D eigenvalue weighted by Gasteiger charge is -2.34. The number of carbonyl (C=O) groups excluding carboxylic acids is 1. The van der Waals surface area contributed by atoms with E-state index in [1.807, 2.05) is 43.5 Å². The monoisotopic (exact) mass is 374 g/mol. The van der Waals surface area contributed by atoms with E-state index in [4.69, 9.17) is 0 Å². The van der Waals surface area contributed by atoms with Gasteiger partial charge < -0.3 is 5.32 Å². The minimum atomic E-state index is 0.0600. The average molecular weight is 374 g/mol. The number of aryl methyl sites for hydroxylation is 1. The number of para-hydroxylation sites is 1. The molecule has 0 atom stereocenters. The zero-order chi connectivity index (χ0) is 19.3. The summed E-state index contributed by atoms with van der Waals surface area (Å²) in [4.78, 5) is 21.4. The van der Waals surface area contributed by atoms with E-state index >= 15 is 0 Å². The number of anilines is 1. The third kappa shape index (κ3) is 4.55. The number of nitrogens with one attached hydrogen (secondary N) is 1. The second-order valence-electron chi connectivity index (χ2n) is 7.45. The Labute approximate surface area is 166 Å². The maximum atomic E-state index is 12.4. The van der Waals surface area contributed by atoms with Crippen molar-refractivity contribution in [2.24, 2.45) is 0 Å². The van der Waals surface area contributed by atoms with Crippen molar-refractivity contribution < 1.29 is 4.79 Å². The van der Waals surface area contributed by atoms with E-state index in [0.717, 1.165) is 49.5 Å². The Balaban J connectivity index is 1.27. The predicted molar refractivity (Wildman–Crippen MR) is 113 cm³/mol. The van der Waals surface area contributed by atoms with E-state index in [9.17, 15) is 4.79 Å². The van der Waals surface area contributed by atoms with Crippen LogP contribution < -0.4 is 5.32 Å². The molecule has 1 fully saturated rings. The van der Waals surface area contributed by atoms with E-state index in [-0.39, 0.29) is 5.91 Å². The first kappa shape index (κ1) is 18.6. The number of carbonyl (C=O) groups is 1. The van der Waals surface area contributed by atoms with Crippen LogP contribution in [-0.2, 0) is 11.3 Å². The summed E-state index contributed by atoms with van der Waals surface area (Å²) in [7, 11) is 0. The number of piperazine rings is 1. The van der Waals surface area contributed by atoms with Crippen LogP contribution in [0.25, 0.3) is 10.9 Å². The molecule has 2 heterocycles. The highest BCUT2D eigenvalue weighted by atomic mass is 16.2. The molecule has 144 valence electrons. The molecule has 5 heteroatoms. The van der Waals surface area contributed by atoms with Gasteiger partial charge in [0.15, 0.2) is 0 Å². The van der Waals surface area contributed by atoms with Gasteiger partial charge in [-0.3, -0.25) is 19.6 Å². The molecule has 0 bridgehead atoms. The molecule has 2 aromatic carbocycles. The molecule has 0 unspecified atom stereocenters. The van der Waals surface area contributed by atoms with Crippen molar-refractivity contribution in [1.82, 2.24) is 14.8 Å². The van der Waals surface area contributed by atoms with E-state index in [1.54, 1.807) is 0 Å². The van der Waals surface area contributed by atoms with Gasteiger partial charge in [0.2, 0.25) is 5.91 Å². The Hall–Kier alpha value is -2.76. The van der Waals surface area contributed by atoms with Crippen LogP contribution in [0, 0.1) is 6.92 Å². The van der Waals surface area contributed by atoms with Gasteiger partial charge in [-0.15, -0.1) is 0 Å². The van der Waals surface area contributed by atoms with Crippen molar-refractivity contribution in [3.8, 4) is 0 Å². The van der Waals surface area contributed by atoms with Crippen LogP contribution >= 0.6 is 0 Å². The van der Waals surface area contributed by atoms with Crippen molar-refractivity contribution in [3.05, 3.63) is 71.9 Å². The number of amides is 1. The third-order valence-corrected chi connectivity index (χ3v) is 5.32. The standard InChI is InChI=1S/C23H26N4O/c1-18-5-2-3-7-21(18)25-23(28)17-27-13-11-26(12-14-27)16-19-8-9-22-20(15-19)6-4-10-24-22/h2-10,15H,11-14,16-17H2,1H3,(H,25,28). The maximum Gasteiger partial charge on any atom is 0.238 e. The van der Waals surface area contributed by atoms with Crippen LogP contribution in [0.3, 0.4) is 0 Å². The van der Waals surface area contributed by atoms with Crippen LogP contribution in [-0.4, -0.2) is 53.4 Å². The number of rotatable bonds is 5. The SMILES string of the molecule is Cc1ccccc1NC(=O)CN1CCN(Cc2ccc3ncccc3c2)CC1. The Bertz CT molecular complexity index is 963. The molecule has 1 amide bonds. The molecular weight excluding hydrogens is 348 g/mol. The molecule has 4 rings (SSSR count). The molecule has 1 aliphatic heterocycles. The number of hydrogen-bond acceptors (Lipinski definition) is 4. The van der Waals surface area contributed by atoms with E-state index in [1.165, 1.54) is 10.9 Å². The quantitative estimate of drug-likeness (QED) is 0.744. The molecule has 5 nitrogen and oxygen atoms in total. The Morgan fingerprint density at radius 1 is 1.00 bits per heavy atom. The first-order chi connectivity index (χ1) is 13.7. The number of benzene rings is 2. The normalized spacial score (nSPS) is 15.6. The van der Waals surface area contributed by atoms with Crippen molar-refractivity contribution >= 4 is 22.5 Å². The Morgan fingerprint density at radius 3 is 2.61 bits per heavy atom. The smallest absolute Gasteiger partial charge is 0.238 e. The predicted octanol–water partition coefficient (Wildman–Crippen LogP) is 3.30. The van der Waals surface area contributed by atoms with Gasteiger partial charge in [0.1, 0.15) is 0 Å². The largest absolute Gasteiger partial charge is 0.325 e. The second kappa shape index (κ2) is 8.50. The van der Waals surface area contributed by atoms with E-state index in [2.05, 4.69) is 44.4 Å². The number of fused-ring (bicyclic) bond motifs is 1. The molecule has 0 aliphatic carbocycles. The van der Waals surface area contributed by atoms with Gasteiger partial charge in [0.05, 0.1) is 12.1 Å². The first-order valence-electron chi connectivity index (χ1n) is 9.81. The zero-order valence-electron chi connectivity index (χ0n) is 16.3. The van der Waals surface area contributed by atoms with Gasteiger partial charge in [0.25, 0.3) is 0 Å². The highest BCUT2D eigenvalue weighted by molar-refractivity contribution is 5.92. The van der Waals surface area contributed by atoms with Crippen LogP contribution in [0.1, 0.15) is 11.1 Å². The lowest BCUT2D eigenvalue weighted by molar-refractivity contribution is -0.117. The van der Waals surface area contributed by atoms with Crippen LogP contribution in [0.2, 0.25) is 0 Å². The first-order valence-corrected chi connectivity index (χ1v) is 9.81. The van der Waals surface area contributed by atoms with Gasteiger partial charge in [-0.1, -0.05) is 30.3 Å². The van der Waals surface area contributed by atoms with Crippen LogP contribution in [0.5, 0.6) is 0 Å². The summed E-state index contributed by atoms with van der Waals surface area (Å²) in [5.41, 5.74) is 4.34. The zero-order valence-corrected chi connectivity index (χ0v) is 16.3. The molecule has 0 radical (unpaired) electrons. The highest BCUT2D eigenvalue weighted by Crippen LogP contribution is 2.16. The molecule has 1 saturated heterocycles. The summed E-state index contributed by atoms with van der Waals surface area (Å²) in [5, 5.41) is 4.21. The number of hydrogen-bond donors (Lipinski definition) is 1. The summed E-state index contributed by atoms with van der Waals surface area (Å²) in [6, 6.07) is 18.5. The van der Waals surface area contributed by atoms with E-state index < -0.39 is 0 Å². The summed E-state index contributed by atoms with van der Waals surface area (Å²) >= 11 is 0. The van der Waals surface area contributed by atoms with Gasteiger partial charge in [-0.25, -0.2) is 0 Å². The average Bonchev–Trinajstić information content (AvgIpc) is 2.71. The Morgan fingerprint density at radius 2 is 1.79 bits per heavy atom. The summed E-state index contributed by atoms with van der Waals surface area (Å²) in [6.07, 6.45) is 1.83. The molecule has 1 N–H and O–H groups in total. The van der Waals surface area contributed by atoms with Crippen molar-refractivity contribution in [1.29, 1.82) is 0 Å². The van der Waals surface area contributed by atoms with E-state index in [0.29, 0.717) is 6.54 Å². The van der Waals surface area contributed by atoms with Gasteiger partial charge >= 0.3 is 0 Å². The van der Waals surface area contributed by atoms with Gasteiger partial charge in [-0.2, -0.15) is 0 Å². The van der Waals surface area contributed by atoms with Crippen molar-refractivity contribution in [2.45, 2.75) is 13.5 Å². The fraction of sp³-hybridized carbons (Fsp3) is 0.304. The second-order valence-corrected chi connectivity index (χ2v) is 7.45. The van der Waals surface area contributed by atoms with Crippen LogP contribution in [0.15, 0.2) is 60.8 Å². The lowest BCUT2D eigenvalue weighted by Crippen LogP contribution is -2.48. The topological polar surface area (TPSA) is 48.5 Å². The number of pyridine rings is 1. The number of aromatic nitrogens is 1. The lowest BCUT2D eigenvalue weighted by atomic mass is 10.1.